The molecule has 3 aliphatic heterocycles. The van der Waals surface area contributed by atoms with E-state index >= 15 is 0 Å². The maximum absolute atomic E-state index is 13.5. The van der Waals surface area contributed by atoms with Crippen molar-refractivity contribution in [3.63, 3.8) is 0 Å². The quantitative estimate of drug-likeness (QED) is 0.208. The highest BCUT2D eigenvalue weighted by Gasteiger charge is 2.72. The van der Waals surface area contributed by atoms with Gasteiger partial charge in [0.1, 0.15) is 42.9 Å². The van der Waals surface area contributed by atoms with Crippen LogP contribution in [0.4, 0.5) is 8.78 Å². The Bertz CT molecular complexity index is 1270. The van der Waals surface area contributed by atoms with Gasteiger partial charge in [-0.25, -0.2) is 9.59 Å². The van der Waals surface area contributed by atoms with Crippen LogP contribution in [0.1, 0.15) is 46.0 Å². The van der Waals surface area contributed by atoms with Crippen molar-refractivity contribution in [1.29, 1.82) is 0 Å². The number of carbonyl (C=O) groups is 4. The Balaban J connectivity index is 1.02. The maximum atomic E-state index is 13.5. The summed E-state index contributed by atoms with van der Waals surface area (Å²) in [5.41, 5.74) is -0.658. The molecular formula is C26H32F2O13S. The molecule has 0 aromatic heterocycles. The fourth-order valence-electron chi connectivity index (χ4n) is 8.29. The summed E-state index contributed by atoms with van der Waals surface area (Å²) in [6.07, 6.45) is -1.19. The van der Waals surface area contributed by atoms with Crippen LogP contribution in [0.25, 0.3) is 0 Å². The summed E-state index contributed by atoms with van der Waals surface area (Å²) < 4.78 is 89.0. The number of ether oxygens (including phenoxy) is 6. The molecule has 3 aliphatic carbocycles. The van der Waals surface area contributed by atoms with Gasteiger partial charge < -0.3 is 28.4 Å². The Kier molecular flexibility index (Phi) is 7.10. The Labute approximate surface area is 239 Å². The molecule has 0 aromatic rings. The summed E-state index contributed by atoms with van der Waals surface area (Å²) in [7, 11) is -5.84. The summed E-state index contributed by atoms with van der Waals surface area (Å²) in [5, 5.41) is -4.76. The fourth-order valence-corrected chi connectivity index (χ4v) is 8.76. The summed E-state index contributed by atoms with van der Waals surface area (Å²) >= 11 is 0. The first-order chi connectivity index (χ1) is 19.6. The summed E-state index contributed by atoms with van der Waals surface area (Å²) in [4.78, 5) is 50.4. The highest BCUT2D eigenvalue weighted by Crippen LogP contribution is 2.62. The van der Waals surface area contributed by atoms with E-state index in [1.165, 1.54) is 19.3 Å². The zero-order valence-electron chi connectivity index (χ0n) is 22.8. The average Bonchev–Trinajstić information content (AvgIpc) is 3.69. The molecular weight excluding hydrogens is 590 g/mol. The first-order valence-corrected chi connectivity index (χ1v) is 15.4. The van der Waals surface area contributed by atoms with Crippen molar-refractivity contribution in [2.45, 2.75) is 87.3 Å². The second-order valence-electron chi connectivity index (χ2n) is 12.6. The van der Waals surface area contributed by atoms with Crippen LogP contribution in [-0.2, 0) is 57.7 Å². The Morgan fingerprint density at radius 3 is 2.31 bits per heavy atom. The van der Waals surface area contributed by atoms with E-state index in [-0.39, 0.29) is 0 Å². The lowest BCUT2D eigenvalue weighted by molar-refractivity contribution is -0.175. The van der Waals surface area contributed by atoms with Gasteiger partial charge in [0.25, 0.3) is 0 Å². The molecule has 16 heteroatoms. The van der Waals surface area contributed by atoms with Crippen LogP contribution in [0.3, 0.4) is 0 Å². The van der Waals surface area contributed by atoms with Crippen molar-refractivity contribution in [3.8, 4) is 0 Å². The van der Waals surface area contributed by atoms with Gasteiger partial charge in [-0.2, -0.15) is 17.2 Å². The van der Waals surface area contributed by atoms with Gasteiger partial charge in [-0.3, -0.25) is 14.1 Å². The molecule has 6 fully saturated rings. The van der Waals surface area contributed by atoms with Gasteiger partial charge in [0.05, 0.1) is 0 Å². The van der Waals surface area contributed by atoms with Gasteiger partial charge >= 0.3 is 39.2 Å². The summed E-state index contributed by atoms with van der Waals surface area (Å²) in [6.45, 7) is 0.604. The van der Waals surface area contributed by atoms with Gasteiger partial charge in [-0.1, -0.05) is 0 Å². The molecule has 0 radical (unpaired) electrons. The number of hydrogen-bond donors (Lipinski definition) is 1. The zero-order valence-corrected chi connectivity index (χ0v) is 23.6. The molecule has 3 saturated carbocycles. The van der Waals surface area contributed by atoms with Crippen LogP contribution in [0.15, 0.2) is 0 Å². The summed E-state index contributed by atoms with van der Waals surface area (Å²) in [5.74, 6) is -3.21. The molecule has 0 spiro atoms. The third-order valence-corrected chi connectivity index (χ3v) is 11.0. The Hall–Kier alpha value is -2.43. The molecule has 3 heterocycles. The Morgan fingerprint density at radius 1 is 1.07 bits per heavy atom. The van der Waals surface area contributed by atoms with Crippen molar-refractivity contribution >= 4 is 34.0 Å². The van der Waals surface area contributed by atoms with E-state index in [4.69, 9.17) is 28.2 Å². The first kappa shape index (κ1) is 29.6. The highest BCUT2D eigenvalue weighted by molar-refractivity contribution is 7.86. The number of alkyl halides is 2. The summed E-state index contributed by atoms with van der Waals surface area (Å²) in [6, 6.07) is 0. The molecule has 3 saturated heterocycles. The number of hydrogen-bond acceptors (Lipinski definition) is 12. The smallest absolute Gasteiger partial charge is 0.405 e. The first-order valence-electron chi connectivity index (χ1n) is 14.0. The second kappa shape index (κ2) is 10.1. The zero-order chi connectivity index (χ0) is 30.4. The van der Waals surface area contributed by atoms with Gasteiger partial charge in [0.15, 0.2) is 18.3 Å². The molecule has 0 aromatic carbocycles. The van der Waals surface area contributed by atoms with Crippen LogP contribution in [0.5, 0.6) is 0 Å². The predicted molar refractivity (Wildman–Crippen MR) is 130 cm³/mol. The third kappa shape index (κ3) is 4.78. The van der Waals surface area contributed by atoms with Gasteiger partial charge in [-0.05, 0) is 69.6 Å². The fraction of sp³-hybridized carbons (Fsp3) is 0.846. The largest absolute Gasteiger partial charge is 0.459 e. The lowest BCUT2D eigenvalue weighted by Crippen LogP contribution is -2.49. The van der Waals surface area contributed by atoms with Crippen LogP contribution < -0.4 is 0 Å². The lowest BCUT2D eigenvalue weighted by atomic mass is 9.78. The third-order valence-electron chi connectivity index (χ3n) is 9.97. The second-order valence-corrected chi connectivity index (χ2v) is 14.1. The topological polar surface area (TPSA) is 178 Å². The van der Waals surface area contributed by atoms with E-state index in [9.17, 15) is 36.4 Å². The van der Waals surface area contributed by atoms with Crippen LogP contribution in [0, 0.1) is 35.5 Å². The van der Waals surface area contributed by atoms with Crippen molar-refractivity contribution in [1.82, 2.24) is 0 Å². The molecule has 234 valence electrons. The normalized spacial score (nSPS) is 41.9. The van der Waals surface area contributed by atoms with Gasteiger partial charge in [0.2, 0.25) is 0 Å². The van der Waals surface area contributed by atoms with E-state index in [0.717, 1.165) is 12.8 Å². The van der Waals surface area contributed by atoms with Crippen LogP contribution in [0.2, 0.25) is 0 Å². The van der Waals surface area contributed by atoms with E-state index < -0.39 is 100 Å². The number of carbonyl (C=O) groups excluding carboxylic acids is 4. The average molecular weight is 623 g/mol. The standard InChI is InChI=1S/C26H32F2O13S/c1-10(26(27,28)42(33,34)35)37-15(29)8-36-9-16(30)38-21-20-18(17-19(39-20)22(21)40-23(17)31)24(32)41-25(2)6-13-11-3-4-12(5-11)14(13)7-25/h10-14,17-22H,3-9H2,1-2H3,(H,33,34,35). The number of halogens is 2. The minimum absolute atomic E-state index is 0.534. The molecule has 13 nitrogen and oxygen atoms in total. The van der Waals surface area contributed by atoms with E-state index in [2.05, 4.69) is 4.74 Å². The predicted octanol–water partition coefficient (Wildman–Crippen LogP) is 1.02. The molecule has 42 heavy (non-hydrogen) atoms. The number of fused-ring (bicyclic) bond motifs is 6. The molecule has 11 atom stereocenters. The Morgan fingerprint density at radius 2 is 1.69 bits per heavy atom. The minimum atomic E-state index is -5.84. The molecule has 0 amide bonds. The number of esters is 4. The van der Waals surface area contributed by atoms with Crippen LogP contribution >= 0.6 is 0 Å². The van der Waals surface area contributed by atoms with E-state index in [1.54, 1.807) is 0 Å². The minimum Gasteiger partial charge on any atom is -0.459 e. The molecule has 1 N–H and O–H groups in total. The highest BCUT2D eigenvalue weighted by atomic mass is 32.2. The van der Waals surface area contributed by atoms with E-state index in [0.29, 0.717) is 30.6 Å². The lowest BCUT2D eigenvalue weighted by Gasteiger charge is -2.32. The van der Waals surface area contributed by atoms with E-state index in [1.807, 2.05) is 6.92 Å². The van der Waals surface area contributed by atoms with Gasteiger partial charge in [-0.15, -0.1) is 0 Å². The van der Waals surface area contributed by atoms with Crippen LogP contribution in [-0.4, -0.2) is 91.4 Å². The maximum Gasteiger partial charge on any atom is 0.405 e. The molecule has 6 rings (SSSR count). The van der Waals surface area contributed by atoms with Crippen molar-refractivity contribution in [2.24, 2.45) is 35.5 Å². The SMILES string of the molecule is CC(OC(=O)COCC(=O)OC1C2OC(=O)C3C2OC1C3C(=O)OC1(C)CC2C3CCC(C3)C2C1)C(F)(F)S(=O)(=O)O. The number of rotatable bonds is 10. The van der Waals surface area contributed by atoms with Crippen molar-refractivity contribution < 1.29 is 69.4 Å². The molecule has 6 aliphatic rings. The van der Waals surface area contributed by atoms with Crippen molar-refractivity contribution in [3.05, 3.63) is 0 Å². The van der Waals surface area contributed by atoms with Crippen molar-refractivity contribution in [2.75, 3.05) is 13.2 Å². The molecule has 4 bridgehead atoms. The monoisotopic (exact) mass is 622 g/mol. The molecule has 11 unspecified atom stereocenters. The van der Waals surface area contributed by atoms with Gasteiger partial charge in [0, 0.05) is 0 Å².